The maximum atomic E-state index is 5.41. The molecule has 3 N–H and O–H groups in total. The summed E-state index contributed by atoms with van der Waals surface area (Å²) >= 11 is 1.85. The van der Waals surface area contributed by atoms with Crippen LogP contribution < -0.4 is 5.73 Å². The van der Waals surface area contributed by atoms with Crippen LogP contribution in [0.25, 0.3) is 0 Å². The summed E-state index contributed by atoms with van der Waals surface area (Å²) in [5, 5.41) is 7.00. The normalized spacial score (nSPS) is 12.0. The fourth-order valence-corrected chi connectivity index (χ4v) is 1.62. The fourth-order valence-electron chi connectivity index (χ4n) is 0.925. The molecule has 0 fully saturated rings. The van der Waals surface area contributed by atoms with E-state index in [4.69, 9.17) is 5.73 Å². The maximum Gasteiger partial charge on any atom is 0.151 e. The van der Waals surface area contributed by atoms with Crippen LogP contribution in [0.15, 0.2) is 0 Å². The smallest absolute Gasteiger partial charge is 0.151 e. The number of nitrogens with zero attached hydrogens (tertiary/aromatic N) is 2. The monoisotopic (exact) mass is 214 g/mol. The quantitative estimate of drug-likeness (QED) is 0.793. The van der Waals surface area contributed by atoms with Gasteiger partial charge < -0.3 is 5.73 Å². The highest BCUT2D eigenvalue weighted by Crippen LogP contribution is 2.25. The van der Waals surface area contributed by atoms with Crippen molar-refractivity contribution in [3.8, 4) is 0 Å². The Bertz CT molecular complexity index is 277. The van der Waals surface area contributed by atoms with Gasteiger partial charge in [0.1, 0.15) is 5.82 Å². The lowest BCUT2D eigenvalue weighted by atomic mass is 10.3. The first kappa shape index (κ1) is 11.5. The largest absolute Gasteiger partial charge is 0.330 e. The van der Waals surface area contributed by atoms with Crippen LogP contribution in [-0.2, 0) is 12.2 Å². The highest BCUT2D eigenvalue weighted by molar-refractivity contribution is 7.99. The molecule has 0 bridgehead atoms. The van der Waals surface area contributed by atoms with E-state index in [1.165, 1.54) is 0 Å². The Hall–Kier alpha value is -0.550. The van der Waals surface area contributed by atoms with Gasteiger partial charge in [0.2, 0.25) is 0 Å². The lowest BCUT2D eigenvalue weighted by Crippen LogP contribution is -2.08. The third-order valence-corrected chi connectivity index (χ3v) is 2.87. The van der Waals surface area contributed by atoms with E-state index in [1.807, 2.05) is 11.8 Å². The van der Waals surface area contributed by atoms with E-state index in [9.17, 15) is 0 Å². The first-order valence-corrected chi connectivity index (χ1v) is 5.74. The second kappa shape index (κ2) is 4.79. The van der Waals surface area contributed by atoms with E-state index in [0.29, 0.717) is 6.54 Å². The van der Waals surface area contributed by atoms with Crippen LogP contribution in [0.2, 0.25) is 0 Å². The van der Waals surface area contributed by atoms with Crippen molar-refractivity contribution >= 4 is 11.8 Å². The first-order chi connectivity index (χ1) is 6.51. The summed E-state index contributed by atoms with van der Waals surface area (Å²) in [4.78, 5) is 4.34. The third-order valence-electron chi connectivity index (χ3n) is 1.59. The Morgan fingerprint density at radius 1 is 1.43 bits per heavy atom. The minimum Gasteiger partial charge on any atom is -0.330 e. The van der Waals surface area contributed by atoms with Crippen molar-refractivity contribution in [3.63, 3.8) is 0 Å². The number of aromatic amines is 1. The third kappa shape index (κ3) is 4.11. The van der Waals surface area contributed by atoms with Gasteiger partial charge in [0.25, 0.3) is 0 Å². The molecule has 1 aromatic rings. The molecule has 0 radical (unpaired) electrons. The van der Waals surface area contributed by atoms with Crippen LogP contribution in [-0.4, -0.2) is 26.5 Å². The van der Waals surface area contributed by atoms with Crippen LogP contribution in [0.1, 0.15) is 32.4 Å². The number of hydrogen-bond acceptors (Lipinski definition) is 4. The van der Waals surface area contributed by atoms with Crippen molar-refractivity contribution in [2.24, 2.45) is 5.73 Å². The van der Waals surface area contributed by atoms with Crippen molar-refractivity contribution < 1.29 is 0 Å². The molecule has 0 aliphatic heterocycles. The molecule has 80 valence electrons. The molecule has 1 aromatic heterocycles. The topological polar surface area (TPSA) is 67.6 Å². The van der Waals surface area contributed by atoms with Crippen LogP contribution in [0.3, 0.4) is 0 Å². The number of nitrogens with two attached hydrogens (primary N) is 1. The Balaban J connectivity index is 2.44. The average Bonchev–Trinajstić information content (AvgIpc) is 2.49. The minimum absolute atomic E-state index is 0.265. The van der Waals surface area contributed by atoms with Gasteiger partial charge in [0.05, 0.1) is 5.75 Å². The Morgan fingerprint density at radius 3 is 2.71 bits per heavy atom. The lowest BCUT2D eigenvalue weighted by Gasteiger charge is -2.15. The molecule has 0 unspecified atom stereocenters. The zero-order valence-electron chi connectivity index (χ0n) is 9.00. The van der Waals surface area contributed by atoms with Crippen molar-refractivity contribution in [1.29, 1.82) is 0 Å². The second-order valence-electron chi connectivity index (χ2n) is 4.14. The van der Waals surface area contributed by atoms with Crippen LogP contribution in [0.5, 0.6) is 0 Å². The van der Waals surface area contributed by atoms with Crippen molar-refractivity contribution in [2.45, 2.75) is 37.7 Å². The van der Waals surface area contributed by atoms with E-state index in [0.717, 1.165) is 23.8 Å². The Kier molecular flexibility index (Phi) is 3.95. The standard InChI is InChI=1S/C9H18N4S/c1-9(2,3)14-6-8-11-7(4-5-10)12-13-8/h4-6,10H2,1-3H3,(H,11,12,13). The maximum absolute atomic E-state index is 5.41. The molecule has 0 saturated heterocycles. The highest BCUT2D eigenvalue weighted by atomic mass is 32.2. The summed E-state index contributed by atoms with van der Waals surface area (Å²) in [5.41, 5.74) is 5.41. The molecule has 0 atom stereocenters. The molecule has 0 amide bonds. The van der Waals surface area contributed by atoms with Crippen molar-refractivity contribution in [2.75, 3.05) is 6.54 Å². The Labute approximate surface area is 89.1 Å². The fraction of sp³-hybridized carbons (Fsp3) is 0.778. The zero-order valence-corrected chi connectivity index (χ0v) is 9.82. The summed E-state index contributed by atoms with van der Waals surface area (Å²) in [7, 11) is 0. The van der Waals surface area contributed by atoms with E-state index in [-0.39, 0.29) is 4.75 Å². The van der Waals surface area contributed by atoms with Gasteiger partial charge in [0.15, 0.2) is 5.82 Å². The van der Waals surface area contributed by atoms with Crippen molar-refractivity contribution in [1.82, 2.24) is 15.2 Å². The second-order valence-corrected chi connectivity index (χ2v) is 5.94. The highest BCUT2D eigenvalue weighted by Gasteiger charge is 2.12. The van der Waals surface area contributed by atoms with Gasteiger partial charge in [-0.15, -0.1) is 11.8 Å². The molecule has 4 nitrogen and oxygen atoms in total. The molecular formula is C9H18N4S. The molecule has 0 spiro atoms. The number of nitrogens with one attached hydrogen (secondary N) is 1. The lowest BCUT2D eigenvalue weighted by molar-refractivity contribution is 0.800. The molecule has 1 rings (SSSR count). The molecule has 0 aromatic carbocycles. The molecule has 0 aliphatic carbocycles. The summed E-state index contributed by atoms with van der Waals surface area (Å²) in [5.74, 6) is 2.63. The number of H-pyrrole nitrogens is 1. The van der Waals surface area contributed by atoms with Gasteiger partial charge in [-0.2, -0.15) is 5.10 Å². The molecule has 0 saturated carbocycles. The van der Waals surface area contributed by atoms with E-state index < -0.39 is 0 Å². The van der Waals surface area contributed by atoms with E-state index >= 15 is 0 Å². The van der Waals surface area contributed by atoms with Gasteiger partial charge >= 0.3 is 0 Å². The van der Waals surface area contributed by atoms with Gasteiger partial charge in [-0.3, -0.25) is 5.10 Å². The summed E-state index contributed by atoms with van der Waals surface area (Å²) in [6.07, 6.45) is 0.747. The van der Waals surface area contributed by atoms with Gasteiger partial charge in [-0.25, -0.2) is 4.98 Å². The summed E-state index contributed by atoms with van der Waals surface area (Å²) < 4.78 is 0.265. The van der Waals surface area contributed by atoms with Gasteiger partial charge in [-0.1, -0.05) is 20.8 Å². The zero-order chi connectivity index (χ0) is 10.6. The predicted molar refractivity (Wildman–Crippen MR) is 60.2 cm³/mol. The van der Waals surface area contributed by atoms with Gasteiger partial charge in [0, 0.05) is 11.2 Å². The molecule has 1 heterocycles. The summed E-state index contributed by atoms with van der Waals surface area (Å²) in [6.45, 7) is 7.17. The molecule has 14 heavy (non-hydrogen) atoms. The van der Waals surface area contributed by atoms with Crippen molar-refractivity contribution in [3.05, 3.63) is 11.6 Å². The first-order valence-electron chi connectivity index (χ1n) is 4.75. The Morgan fingerprint density at radius 2 is 2.14 bits per heavy atom. The van der Waals surface area contributed by atoms with Crippen LogP contribution >= 0.6 is 11.8 Å². The average molecular weight is 214 g/mol. The summed E-state index contributed by atoms with van der Waals surface area (Å²) in [6, 6.07) is 0. The molecular weight excluding hydrogens is 196 g/mol. The van der Waals surface area contributed by atoms with E-state index in [1.54, 1.807) is 0 Å². The van der Waals surface area contributed by atoms with E-state index in [2.05, 4.69) is 36.0 Å². The molecule has 5 heteroatoms. The number of rotatable bonds is 4. The van der Waals surface area contributed by atoms with Crippen LogP contribution in [0.4, 0.5) is 0 Å². The minimum atomic E-state index is 0.265. The number of thioether (sulfide) groups is 1. The van der Waals surface area contributed by atoms with Gasteiger partial charge in [-0.05, 0) is 6.54 Å². The van der Waals surface area contributed by atoms with Crippen LogP contribution in [0, 0.1) is 0 Å². The SMILES string of the molecule is CC(C)(C)SCc1nc(CCN)n[nH]1. The molecule has 0 aliphatic rings. The number of hydrogen-bond donors (Lipinski definition) is 2. The number of aromatic nitrogens is 3. The predicted octanol–water partition coefficient (Wildman–Crippen LogP) is 1.34.